The van der Waals surface area contributed by atoms with Gasteiger partial charge in [-0.25, -0.2) is 4.39 Å². The molecule has 60 valence electrons. The van der Waals surface area contributed by atoms with Gasteiger partial charge in [0.1, 0.15) is 5.82 Å². The Bertz CT molecular complexity index is 273. The van der Waals surface area contributed by atoms with Crippen molar-refractivity contribution in [2.75, 3.05) is 0 Å². The van der Waals surface area contributed by atoms with Gasteiger partial charge in [-0.15, -0.1) is 0 Å². The van der Waals surface area contributed by atoms with Gasteiger partial charge in [0.2, 0.25) is 0 Å². The molecule has 0 aromatic carbocycles. The summed E-state index contributed by atoms with van der Waals surface area (Å²) in [6, 6.07) is 0. The molecule has 11 heavy (non-hydrogen) atoms. The van der Waals surface area contributed by atoms with Gasteiger partial charge >= 0.3 is 0 Å². The maximum atomic E-state index is 13.2. The predicted octanol–water partition coefficient (Wildman–Crippen LogP) is 2.85. The Morgan fingerprint density at radius 1 is 1.64 bits per heavy atom. The molecule has 0 radical (unpaired) electrons. The van der Waals surface area contributed by atoms with Crippen LogP contribution in [0.25, 0.3) is 0 Å². The van der Waals surface area contributed by atoms with E-state index < -0.39 is 0 Å². The Labute approximate surface area is 73.8 Å². The second-order valence-electron chi connectivity index (χ2n) is 2.34. The molecule has 0 aliphatic rings. The van der Waals surface area contributed by atoms with Crippen molar-refractivity contribution in [1.82, 2.24) is 4.98 Å². The Hall–Kier alpha value is -0.440. The highest BCUT2D eigenvalue weighted by molar-refractivity contribution is 9.10. The van der Waals surface area contributed by atoms with Crippen LogP contribution in [0.2, 0.25) is 0 Å². The summed E-state index contributed by atoms with van der Waals surface area (Å²) in [4.78, 5) is 3.86. The Morgan fingerprint density at radius 2 is 2.27 bits per heavy atom. The number of rotatable bonds is 1. The maximum absolute atomic E-state index is 13.2. The summed E-state index contributed by atoms with van der Waals surface area (Å²) in [6.45, 7) is 3.59. The van der Waals surface area contributed by atoms with E-state index >= 15 is 0 Å². The fourth-order valence-electron chi connectivity index (χ4n) is 0.935. The van der Waals surface area contributed by atoms with Crippen LogP contribution in [0.3, 0.4) is 0 Å². The first kappa shape index (κ1) is 8.65. The zero-order valence-corrected chi connectivity index (χ0v) is 8.07. The van der Waals surface area contributed by atoms with Crippen molar-refractivity contribution in [3.63, 3.8) is 0 Å². The van der Waals surface area contributed by atoms with E-state index in [4.69, 9.17) is 0 Å². The molecular formula is C8H9BrFN. The molecule has 0 atom stereocenters. The molecule has 1 aromatic heterocycles. The van der Waals surface area contributed by atoms with Crippen LogP contribution in [0.4, 0.5) is 4.39 Å². The molecule has 0 saturated carbocycles. The van der Waals surface area contributed by atoms with Crippen molar-refractivity contribution in [3.05, 3.63) is 27.7 Å². The minimum absolute atomic E-state index is 0.193. The summed E-state index contributed by atoms with van der Waals surface area (Å²) >= 11 is 3.24. The van der Waals surface area contributed by atoms with Crippen LogP contribution < -0.4 is 0 Å². The number of halogens is 2. The summed E-state index contributed by atoms with van der Waals surface area (Å²) < 4.78 is 13.9. The lowest BCUT2D eigenvalue weighted by molar-refractivity contribution is 0.592. The van der Waals surface area contributed by atoms with E-state index in [1.807, 2.05) is 6.92 Å². The van der Waals surface area contributed by atoms with Crippen LogP contribution in [0.15, 0.2) is 10.7 Å². The quantitative estimate of drug-likeness (QED) is 0.706. The Balaban J connectivity index is 3.29. The first-order valence-corrected chi connectivity index (χ1v) is 4.25. The molecule has 0 saturated heterocycles. The van der Waals surface area contributed by atoms with Crippen molar-refractivity contribution >= 4 is 15.9 Å². The molecule has 0 unspecified atom stereocenters. The summed E-state index contributed by atoms with van der Waals surface area (Å²) in [5, 5.41) is 0. The standard InChI is InChI=1S/C8H9BrFN/c1-3-6-7(9)4-11-5(2)8(6)10/h4H,3H2,1-2H3. The maximum Gasteiger partial charge on any atom is 0.148 e. The van der Waals surface area contributed by atoms with Gasteiger partial charge in [0.15, 0.2) is 0 Å². The normalized spacial score (nSPS) is 10.2. The molecular weight excluding hydrogens is 209 g/mol. The molecule has 0 bridgehead atoms. The van der Waals surface area contributed by atoms with Crippen molar-refractivity contribution < 1.29 is 4.39 Å². The monoisotopic (exact) mass is 217 g/mol. The summed E-state index contributed by atoms with van der Waals surface area (Å²) in [5.41, 5.74) is 1.17. The summed E-state index contributed by atoms with van der Waals surface area (Å²) in [6.07, 6.45) is 2.33. The second-order valence-corrected chi connectivity index (χ2v) is 3.19. The van der Waals surface area contributed by atoms with E-state index in [1.165, 1.54) is 0 Å². The van der Waals surface area contributed by atoms with Crippen molar-refractivity contribution in [2.24, 2.45) is 0 Å². The molecule has 3 heteroatoms. The van der Waals surface area contributed by atoms with Gasteiger partial charge < -0.3 is 0 Å². The van der Waals surface area contributed by atoms with Crippen LogP contribution in [0.1, 0.15) is 18.2 Å². The molecule has 1 heterocycles. The van der Waals surface area contributed by atoms with Crippen molar-refractivity contribution in [1.29, 1.82) is 0 Å². The van der Waals surface area contributed by atoms with Gasteiger partial charge in [0.25, 0.3) is 0 Å². The lowest BCUT2D eigenvalue weighted by atomic mass is 10.2. The van der Waals surface area contributed by atoms with Gasteiger partial charge in [-0.1, -0.05) is 6.92 Å². The summed E-state index contributed by atoms with van der Waals surface area (Å²) in [5.74, 6) is -0.193. The molecule has 0 N–H and O–H groups in total. The highest BCUT2D eigenvalue weighted by Crippen LogP contribution is 2.20. The van der Waals surface area contributed by atoms with Gasteiger partial charge in [-0.3, -0.25) is 4.98 Å². The smallest absolute Gasteiger partial charge is 0.148 e. The number of pyridine rings is 1. The van der Waals surface area contributed by atoms with Gasteiger partial charge in [0, 0.05) is 16.2 Å². The van der Waals surface area contributed by atoms with Crippen LogP contribution in [-0.2, 0) is 6.42 Å². The van der Waals surface area contributed by atoms with Gasteiger partial charge in [-0.2, -0.15) is 0 Å². The third kappa shape index (κ3) is 1.59. The van der Waals surface area contributed by atoms with Crippen LogP contribution in [0, 0.1) is 12.7 Å². The van der Waals surface area contributed by atoms with Gasteiger partial charge in [-0.05, 0) is 29.3 Å². The third-order valence-electron chi connectivity index (χ3n) is 1.60. The Kier molecular flexibility index (Phi) is 2.60. The number of aromatic nitrogens is 1. The minimum Gasteiger partial charge on any atom is -0.257 e. The summed E-state index contributed by atoms with van der Waals surface area (Å²) in [7, 11) is 0. The van der Waals surface area contributed by atoms with Crippen LogP contribution in [-0.4, -0.2) is 4.98 Å². The van der Waals surface area contributed by atoms with E-state index in [0.29, 0.717) is 17.7 Å². The van der Waals surface area contributed by atoms with E-state index in [9.17, 15) is 4.39 Å². The highest BCUT2D eigenvalue weighted by atomic mass is 79.9. The fraction of sp³-hybridized carbons (Fsp3) is 0.375. The average molecular weight is 218 g/mol. The van der Waals surface area contributed by atoms with E-state index in [0.717, 1.165) is 4.47 Å². The number of hydrogen-bond acceptors (Lipinski definition) is 1. The molecule has 1 rings (SSSR count). The average Bonchev–Trinajstić information content (AvgIpc) is 1.99. The number of hydrogen-bond donors (Lipinski definition) is 0. The number of nitrogens with zero attached hydrogens (tertiary/aromatic N) is 1. The van der Waals surface area contributed by atoms with E-state index in [1.54, 1.807) is 13.1 Å². The largest absolute Gasteiger partial charge is 0.257 e. The first-order valence-electron chi connectivity index (χ1n) is 3.46. The molecule has 0 fully saturated rings. The van der Waals surface area contributed by atoms with Gasteiger partial charge in [0.05, 0.1) is 5.69 Å². The fourth-order valence-corrected chi connectivity index (χ4v) is 1.49. The topological polar surface area (TPSA) is 12.9 Å². The molecule has 0 spiro atoms. The zero-order valence-electron chi connectivity index (χ0n) is 6.49. The highest BCUT2D eigenvalue weighted by Gasteiger charge is 2.07. The third-order valence-corrected chi connectivity index (χ3v) is 2.28. The molecule has 1 aromatic rings. The lowest BCUT2D eigenvalue weighted by Crippen LogP contribution is -1.95. The van der Waals surface area contributed by atoms with Crippen molar-refractivity contribution in [2.45, 2.75) is 20.3 Å². The van der Waals surface area contributed by atoms with Crippen LogP contribution >= 0.6 is 15.9 Å². The Morgan fingerprint density at radius 3 is 2.73 bits per heavy atom. The van der Waals surface area contributed by atoms with Crippen molar-refractivity contribution in [3.8, 4) is 0 Å². The van der Waals surface area contributed by atoms with Crippen LogP contribution in [0.5, 0.6) is 0 Å². The predicted molar refractivity (Wildman–Crippen MR) is 46.0 cm³/mol. The molecule has 0 amide bonds. The van der Waals surface area contributed by atoms with E-state index in [2.05, 4.69) is 20.9 Å². The SMILES string of the molecule is CCc1c(Br)cnc(C)c1F. The lowest BCUT2D eigenvalue weighted by Gasteiger charge is -2.03. The number of aryl methyl sites for hydroxylation is 1. The second kappa shape index (κ2) is 3.30. The minimum atomic E-state index is -0.193. The molecule has 1 nitrogen and oxygen atoms in total. The molecule has 0 aliphatic heterocycles. The van der Waals surface area contributed by atoms with E-state index in [-0.39, 0.29) is 5.82 Å². The first-order chi connectivity index (χ1) is 5.16. The zero-order chi connectivity index (χ0) is 8.43. The molecule has 0 aliphatic carbocycles.